The van der Waals surface area contributed by atoms with E-state index >= 15 is 0 Å². The van der Waals surface area contributed by atoms with E-state index in [1.807, 2.05) is 51.1 Å². The molecule has 0 bridgehead atoms. The number of hydrogen-bond donors (Lipinski definition) is 3. The highest BCUT2D eigenvalue weighted by Crippen LogP contribution is 2.45. The van der Waals surface area contributed by atoms with E-state index in [1.165, 1.54) is 0 Å². The summed E-state index contributed by atoms with van der Waals surface area (Å²) in [5, 5.41) is 27.5. The van der Waals surface area contributed by atoms with Crippen LogP contribution in [0.15, 0.2) is 36.4 Å². The van der Waals surface area contributed by atoms with E-state index in [0.717, 1.165) is 16.7 Å². The molecule has 2 heterocycles. The number of fused-ring (bicyclic) bond motifs is 1. The van der Waals surface area contributed by atoms with Crippen LogP contribution in [0.3, 0.4) is 0 Å². The van der Waals surface area contributed by atoms with Gasteiger partial charge in [-0.2, -0.15) is 5.10 Å². The van der Waals surface area contributed by atoms with Gasteiger partial charge in [0.1, 0.15) is 22.9 Å². The van der Waals surface area contributed by atoms with Gasteiger partial charge in [-0.15, -0.1) is 0 Å². The van der Waals surface area contributed by atoms with Crippen LogP contribution >= 0.6 is 0 Å². The van der Waals surface area contributed by atoms with Crippen molar-refractivity contribution in [2.24, 2.45) is 0 Å². The molecular weight excluding hydrogens is 382 g/mol. The van der Waals surface area contributed by atoms with Crippen LogP contribution < -0.4 is 4.74 Å². The fourth-order valence-electron chi connectivity index (χ4n) is 4.27. The lowest BCUT2D eigenvalue weighted by Crippen LogP contribution is -2.32. The maximum atomic E-state index is 13.1. The minimum atomic E-state index is -0.450. The number of carbonyl (C=O) groups excluding carboxylic acids is 1. The van der Waals surface area contributed by atoms with E-state index in [4.69, 9.17) is 4.74 Å². The molecule has 0 spiro atoms. The van der Waals surface area contributed by atoms with E-state index in [9.17, 15) is 15.0 Å². The number of hydrogen-bond acceptors (Lipinski definition) is 5. The van der Waals surface area contributed by atoms with E-state index in [1.54, 1.807) is 11.0 Å². The number of phenolic OH excluding ortho intramolecular Hbond substituents is 1. The number of nitrogens with one attached hydrogen (secondary N) is 1. The monoisotopic (exact) mass is 407 g/mol. The molecule has 0 saturated carbocycles. The number of aryl methyl sites for hydroxylation is 2. The molecule has 0 fully saturated rings. The van der Waals surface area contributed by atoms with Crippen molar-refractivity contribution in [2.75, 3.05) is 19.8 Å². The Bertz CT molecular complexity index is 1080. The highest BCUT2D eigenvalue weighted by molar-refractivity contribution is 6.00. The lowest BCUT2D eigenvalue weighted by atomic mass is 9.93. The van der Waals surface area contributed by atoms with Crippen molar-refractivity contribution in [1.82, 2.24) is 15.1 Å². The molecule has 4 rings (SSSR count). The van der Waals surface area contributed by atoms with Gasteiger partial charge >= 0.3 is 0 Å². The van der Waals surface area contributed by atoms with Crippen LogP contribution in [0.25, 0.3) is 11.3 Å². The topological polar surface area (TPSA) is 98.7 Å². The third-order valence-electron chi connectivity index (χ3n) is 5.39. The van der Waals surface area contributed by atoms with Gasteiger partial charge in [-0.25, -0.2) is 0 Å². The summed E-state index contributed by atoms with van der Waals surface area (Å²) >= 11 is 0. The first-order valence-electron chi connectivity index (χ1n) is 9.99. The van der Waals surface area contributed by atoms with Crippen molar-refractivity contribution in [1.29, 1.82) is 0 Å². The van der Waals surface area contributed by atoms with Gasteiger partial charge in [0.2, 0.25) is 0 Å². The molecule has 156 valence electrons. The zero-order chi connectivity index (χ0) is 21.4. The summed E-state index contributed by atoms with van der Waals surface area (Å²) in [4.78, 5) is 14.7. The number of ether oxygens (including phenoxy) is 1. The van der Waals surface area contributed by atoms with Crippen molar-refractivity contribution in [3.8, 4) is 22.8 Å². The third kappa shape index (κ3) is 3.21. The number of aliphatic hydroxyl groups excluding tert-OH is 1. The van der Waals surface area contributed by atoms with Gasteiger partial charge in [0.25, 0.3) is 5.91 Å². The minimum Gasteiger partial charge on any atom is -0.507 e. The average Bonchev–Trinajstić information content (AvgIpc) is 3.22. The number of aromatic amines is 1. The van der Waals surface area contributed by atoms with Crippen LogP contribution in [0.1, 0.15) is 45.7 Å². The fourth-order valence-corrected chi connectivity index (χ4v) is 4.27. The zero-order valence-corrected chi connectivity index (χ0v) is 17.3. The van der Waals surface area contributed by atoms with Crippen molar-refractivity contribution < 1.29 is 19.7 Å². The highest BCUT2D eigenvalue weighted by atomic mass is 16.5. The highest BCUT2D eigenvalue weighted by Gasteiger charge is 2.42. The Balaban J connectivity index is 1.92. The first-order valence-corrected chi connectivity index (χ1v) is 9.99. The second-order valence-corrected chi connectivity index (χ2v) is 7.47. The van der Waals surface area contributed by atoms with E-state index in [2.05, 4.69) is 10.2 Å². The van der Waals surface area contributed by atoms with Crippen molar-refractivity contribution >= 4 is 5.91 Å². The first kappa shape index (κ1) is 20.0. The molecule has 3 aromatic rings. The van der Waals surface area contributed by atoms with Gasteiger partial charge in [0.15, 0.2) is 0 Å². The van der Waals surface area contributed by atoms with Crippen molar-refractivity contribution in [3.05, 3.63) is 64.3 Å². The Morgan fingerprint density at radius 2 is 2.03 bits per heavy atom. The molecule has 0 aliphatic carbocycles. The van der Waals surface area contributed by atoms with Gasteiger partial charge in [-0.05, 0) is 55.7 Å². The second-order valence-electron chi connectivity index (χ2n) is 7.47. The number of H-pyrrole nitrogens is 1. The number of carbonyl (C=O) groups is 1. The molecule has 7 heteroatoms. The van der Waals surface area contributed by atoms with Crippen LogP contribution in [-0.2, 0) is 0 Å². The maximum Gasteiger partial charge on any atom is 0.273 e. The third-order valence-corrected chi connectivity index (χ3v) is 5.39. The summed E-state index contributed by atoms with van der Waals surface area (Å²) in [6.45, 7) is 6.31. The predicted octanol–water partition coefficient (Wildman–Crippen LogP) is 3.34. The maximum absolute atomic E-state index is 13.1. The average molecular weight is 407 g/mol. The molecule has 7 nitrogen and oxygen atoms in total. The molecular formula is C23H25N3O4. The minimum absolute atomic E-state index is 0.122. The molecule has 0 unspecified atom stereocenters. The van der Waals surface area contributed by atoms with Crippen molar-refractivity contribution in [2.45, 2.75) is 26.8 Å². The molecule has 3 N–H and O–H groups in total. The molecule has 1 amide bonds. The fraction of sp³-hybridized carbons (Fsp3) is 0.304. The lowest BCUT2D eigenvalue weighted by Gasteiger charge is -2.26. The van der Waals surface area contributed by atoms with Crippen LogP contribution in [0, 0.1) is 13.8 Å². The van der Waals surface area contributed by atoms with Gasteiger partial charge in [-0.1, -0.05) is 18.2 Å². The number of aromatic nitrogens is 2. The Morgan fingerprint density at radius 3 is 2.73 bits per heavy atom. The van der Waals surface area contributed by atoms with Crippen LogP contribution in [0.4, 0.5) is 0 Å². The summed E-state index contributed by atoms with van der Waals surface area (Å²) < 4.78 is 5.65. The van der Waals surface area contributed by atoms with E-state index in [0.29, 0.717) is 34.9 Å². The van der Waals surface area contributed by atoms with Gasteiger partial charge in [-0.3, -0.25) is 9.89 Å². The van der Waals surface area contributed by atoms with Gasteiger partial charge in [0, 0.05) is 17.7 Å². The molecule has 0 radical (unpaired) electrons. The molecule has 30 heavy (non-hydrogen) atoms. The molecule has 1 aliphatic heterocycles. The number of aliphatic hydroxyl groups is 1. The number of aromatic hydroxyl groups is 1. The number of phenols is 1. The Morgan fingerprint density at radius 1 is 1.23 bits per heavy atom. The molecule has 1 aromatic heterocycles. The Kier molecular flexibility index (Phi) is 5.22. The standard InChI is InChI=1S/C23H25N3O4/c1-4-30-16-7-5-6-15(12-16)22-19-20(18-14(3)10-13(2)11-17(18)28)24-25-21(19)23(29)26(22)8-9-27/h5-7,10-12,22,27-28H,4,8-9H2,1-3H3,(H,24,25)/t22-/m0/s1. The quantitative estimate of drug-likeness (QED) is 0.582. The van der Waals surface area contributed by atoms with Gasteiger partial charge in [0.05, 0.1) is 19.3 Å². The summed E-state index contributed by atoms with van der Waals surface area (Å²) in [7, 11) is 0. The Labute approximate surface area is 174 Å². The molecule has 2 aromatic carbocycles. The van der Waals surface area contributed by atoms with Gasteiger partial charge < -0.3 is 19.8 Å². The van der Waals surface area contributed by atoms with Crippen molar-refractivity contribution in [3.63, 3.8) is 0 Å². The van der Waals surface area contributed by atoms with Crippen LogP contribution in [0.5, 0.6) is 11.5 Å². The number of β-amino-alcohol motifs (C(OH)–C–C–N with tert-alkyl or cyclic N) is 1. The number of nitrogens with zero attached hydrogens (tertiary/aromatic N) is 2. The number of benzene rings is 2. The van der Waals surface area contributed by atoms with E-state index in [-0.39, 0.29) is 24.8 Å². The smallest absolute Gasteiger partial charge is 0.273 e. The normalized spacial score (nSPS) is 15.5. The predicted molar refractivity (Wildman–Crippen MR) is 113 cm³/mol. The van der Waals surface area contributed by atoms with E-state index < -0.39 is 6.04 Å². The summed E-state index contributed by atoms with van der Waals surface area (Å²) in [5.74, 6) is 0.602. The summed E-state index contributed by atoms with van der Waals surface area (Å²) in [6.07, 6.45) is 0. The number of rotatable bonds is 6. The summed E-state index contributed by atoms with van der Waals surface area (Å²) in [6, 6.07) is 10.8. The lowest BCUT2D eigenvalue weighted by molar-refractivity contribution is 0.0706. The van der Waals surface area contributed by atoms with Crippen LogP contribution in [0.2, 0.25) is 0 Å². The van der Waals surface area contributed by atoms with Crippen LogP contribution in [-0.4, -0.2) is 51.0 Å². The summed E-state index contributed by atoms with van der Waals surface area (Å²) in [5.41, 5.74) is 4.89. The second kappa shape index (κ2) is 7.84. The molecule has 1 atom stereocenters. The zero-order valence-electron chi connectivity index (χ0n) is 17.3. The SMILES string of the molecule is CCOc1cccc([C@H]2c3c(-c4c(C)cc(C)cc4O)n[nH]c3C(=O)N2CCO)c1. The number of amides is 1. The largest absolute Gasteiger partial charge is 0.507 e. The first-order chi connectivity index (χ1) is 14.5. The molecule has 0 saturated heterocycles. The Hall–Kier alpha value is -3.32. The molecule has 1 aliphatic rings.